The molecular weight excluding hydrogens is 248 g/mol. The van der Waals surface area contributed by atoms with E-state index in [2.05, 4.69) is 50.1 Å². The zero-order valence-corrected chi connectivity index (χ0v) is 13.3. The molecule has 110 valence electrons. The second kappa shape index (κ2) is 5.19. The van der Waals surface area contributed by atoms with Gasteiger partial charge in [-0.3, -0.25) is 9.78 Å². The highest BCUT2D eigenvalue weighted by molar-refractivity contribution is 5.84. The summed E-state index contributed by atoms with van der Waals surface area (Å²) in [6.07, 6.45) is 3.75. The lowest BCUT2D eigenvalue weighted by atomic mass is 10.0. The van der Waals surface area contributed by atoms with Gasteiger partial charge in [-0.25, -0.2) is 0 Å². The lowest BCUT2D eigenvalue weighted by Gasteiger charge is -2.06. The molecule has 3 heteroatoms. The maximum Gasteiger partial charge on any atom is 0.224 e. The molecule has 1 aliphatic carbocycles. The van der Waals surface area contributed by atoms with Gasteiger partial charge in [0.25, 0.3) is 0 Å². The molecule has 3 nitrogen and oxygen atoms in total. The number of nitrogens with one attached hydrogen (secondary N) is 1. The zero-order valence-electron chi connectivity index (χ0n) is 13.3. The lowest BCUT2D eigenvalue weighted by molar-refractivity contribution is -0.123. The van der Waals surface area contributed by atoms with Crippen LogP contribution < -0.4 is 5.32 Å². The van der Waals surface area contributed by atoms with E-state index in [1.807, 2.05) is 13.1 Å². The fourth-order valence-electron chi connectivity index (χ4n) is 3.08. The number of carbonyl (C=O) groups is 1. The summed E-state index contributed by atoms with van der Waals surface area (Å²) in [6, 6.07) is 4.14. The van der Waals surface area contributed by atoms with Crippen molar-refractivity contribution in [2.24, 2.45) is 16.7 Å². The van der Waals surface area contributed by atoms with E-state index in [9.17, 15) is 4.79 Å². The SMILES string of the molecule is Cc1ccc(CCCNC(=O)C2C(C)(C)C2(C)C)nc1. The molecule has 20 heavy (non-hydrogen) atoms. The summed E-state index contributed by atoms with van der Waals surface area (Å²) in [7, 11) is 0. The van der Waals surface area contributed by atoms with Gasteiger partial charge in [-0.15, -0.1) is 0 Å². The van der Waals surface area contributed by atoms with E-state index in [4.69, 9.17) is 0 Å². The highest BCUT2D eigenvalue weighted by Gasteiger charge is 2.68. The fraction of sp³-hybridized carbons (Fsp3) is 0.647. The van der Waals surface area contributed by atoms with Crippen LogP contribution in [0.1, 0.15) is 45.4 Å². The van der Waals surface area contributed by atoms with Crippen LogP contribution in [0.5, 0.6) is 0 Å². The third-order valence-corrected chi connectivity index (χ3v) is 5.16. The molecule has 1 aromatic heterocycles. The maximum atomic E-state index is 12.2. The van der Waals surface area contributed by atoms with E-state index in [0.29, 0.717) is 0 Å². The molecule has 1 aromatic rings. The molecule has 1 fully saturated rings. The monoisotopic (exact) mass is 274 g/mol. The van der Waals surface area contributed by atoms with Gasteiger partial charge < -0.3 is 5.32 Å². The normalized spacial score (nSPS) is 19.6. The summed E-state index contributed by atoms with van der Waals surface area (Å²) < 4.78 is 0. The number of pyridine rings is 1. The molecule has 2 rings (SSSR count). The van der Waals surface area contributed by atoms with Crippen molar-refractivity contribution in [3.05, 3.63) is 29.6 Å². The molecule has 1 N–H and O–H groups in total. The number of carbonyl (C=O) groups excluding carboxylic acids is 1. The van der Waals surface area contributed by atoms with E-state index in [-0.39, 0.29) is 22.7 Å². The van der Waals surface area contributed by atoms with Crippen molar-refractivity contribution >= 4 is 5.91 Å². The van der Waals surface area contributed by atoms with Gasteiger partial charge >= 0.3 is 0 Å². The lowest BCUT2D eigenvalue weighted by Crippen LogP contribution is -2.28. The molecule has 0 unspecified atom stereocenters. The Morgan fingerprint density at radius 2 is 1.90 bits per heavy atom. The second-order valence-electron chi connectivity index (χ2n) is 7.10. The fourth-order valence-corrected chi connectivity index (χ4v) is 3.08. The highest BCUT2D eigenvalue weighted by Crippen LogP contribution is 2.68. The standard InChI is InChI=1S/C17H26N2O/c1-12-8-9-13(19-11-12)7-6-10-18-15(20)14-16(2,3)17(14,4)5/h8-9,11,14H,6-7,10H2,1-5H3,(H,18,20). The largest absolute Gasteiger partial charge is 0.356 e. The predicted molar refractivity (Wildman–Crippen MR) is 81.4 cm³/mol. The van der Waals surface area contributed by atoms with Gasteiger partial charge in [-0.2, -0.15) is 0 Å². The van der Waals surface area contributed by atoms with Crippen LogP contribution in [0.25, 0.3) is 0 Å². The van der Waals surface area contributed by atoms with E-state index >= 15 is 0 Å². The van der Waals surface area contributed by atoms with Crippen molar-refractivity contribution < 1.29 is 4.79 Å². The van der Waals surface area contributed by atoms with Crippen molar-refractivity contribution in [3.8, 4) is 0 Å². The zero-order chi connectivity index (χ0) is 15.0. The first-order valence-electron chi connectivity index (χ1n) is 7.46. The number of aryl methyl sites for hydroxylation is 2. The Hall–Kier alpha value is -1.38. The minimum absolute atomic E-state index is 0.121. The minimum Gasteiger partial charge on any atom is -0.356 e. The van der Waals surface area contributed by atoms with Crippen LogP contribution in [0.4, 0.5) is 0 Å². The first-order chi connectivity index (χ1) is 9.26. The number of aromatic nitrogens is 1. The van der Waals surface area contributed by atoms with E-state index in [1.54, 1.807) is 0 Å². The summed E-state index contributed by atoms with van der Waals surface area (Å²) in [5.74, 6) is 0.351. The number of rotatable bonds is 5. The minimum atomic E-state index is 0.121. The van der Waals surface area contributed by atoms with Crippen LogP contribution >= 0.6 is 0 Å². The average Bonchev–Trinajstić information content (AvgIpc) is 2.77. The molecular formula is C17H26N2O. The molecule has 1 aliphatic rings. The Morgan fingerprint density at radius 1 is 1.25 bits per heavy atom. The third kappa shape index (κ3) is 2.72. The van der Waals surface area contributed by atoms with Crippen molar-refractivity contribution in [1.29, 1.82) is 0 Å². The molecule has 0 atom stereocenters. The third-order valence-electron chi connectivity index (χ3n) is 5.16. The summed E-state index contributed by atoms with van der Waals surface area (Å²) in [5, 5.41) is 3.07. The Morgan fingerprint density at radius 3 is 2.40 bits per heavy atom. The van der Waals surface area contributed by atoms with Crippen LogP contribution in [0.15, 0.2) is 18.3 Å². The first kappa shape index (κ1) is 15.0. The van der Waals surface area contributed by atoms with Crippen LogP contribution in [0.3, 0.4) is 0 Å². The molecule has 0 radical (unpaired) electrons. The van der Waals surface area contributed by atoms with E-state index in [1.165, 1.54) is 5.56 Å². The summed E-state index contributed by atoms with van der Waals surface area (Å²) in [5.41, 5.74) is 2.52. The Bertz CT molecular complexity index is 474. The van der Waals surface area contributed by atoms with Gasteiger partial charge in [0, 0.05) is 24.4 Å². The number of amides is 1. The molecule has 1 saturated carbocycles. The van der Waals surface area contributed by atoms with Gasteiger partial charge in [-0.1, -0.05) is 33.8 Å². The van der Waals surface area contributed by atoms with Crippen LogP contribution in [0.2, 0.25) is 0 Å². The Balaban J connectivity index is 1.72. The van der Waals surface area contributed by atoms with Crippen molar-refractivity contribution in [2.45, 2.75) is 47.5 Å². The smallest absolute Gasteiger partial charge is 0.224 e. The topological polar surface area (TPSA) is 42.0 Å². The number of hydrogen-bond donors (Lipinski definition) is 1. The van der Waals surface area contributed by atoms with Gasteiger partial charge in [0.15, 0.2) is 0 Å². The number of hydrogen-bond acceptors (Lipinski definition) is 2. The van der Waals surface area contributed by atoms with Crippen molar-refractivity contribution in [1.82, 2.24) is 10.3 Å². The van der Waals surface area contributed by atoms with Crippen LogP contribution in [0, 0.1) is 23.7 Å². The van der Waals surface area contributed by atoms with Gasteiger partial charge in [0.2, 0.25) is 5.91 Å². The summed E-state index contributed by atoms with van der Waals surface area (Å²) >= 11 is 0. The Kier molecular flexibility index (Phi) is 3.90. The molecule has 0 spiro atoms. The predicted octanol–water partition coefficient (Wildman–Crippen LogP) is 3.12. The Labute approximate surface area is 122 Å². The molecule has 1 amide bonds. The van der Waals surface area contributed by atoms with Gasteiger partial charge in [0.1, 0.15) is 0 Å². The van der Waals surface area contributed by atoms with Gasteiger partial charge in [-0.05, 0) is 42.2 Å². The number of nitrogens with zero attached hydrogens (tertiary/aromatic N) is 1. The quantitative estimate of drug-likeness (QED) is 0.838. The van der Waals surface area contributed by atoms with E-state index in [0.717, 1.165) is 25.1 Å². The first-order valence-corrected chi connectivity index (χ1v) is 7.46. The van der Waals surface area contributed by atoms with Crippen molar-refractivity contribution in [3.63, 3.8) is 0 Å². The summed E-state index contributed by atoms with van der Waals surface area (Å²) in [4.78, 5) is 16.5. The van der Waals surface area contributed by atoms with Crippen molar-refractivity contribution in [2.75, 3.05) is 6.54 Å². The maximum absolute atomic E-state index is 12.2. The average molecular weight is 274 g/mol. The molecule has 0 bridgehead atoms. The van der Waals surface area contributed by atoms with Gasteiger partial charge in [0.05, 0.1) is 0 Å². The van der Waals surface area contributed by atoms with E-state index < -0.39 is 0 Å². The van der Waals surface area contributed by atoms with Crippen LogP contribution in [-0.4, -0.2) is 17.4 Å². The molecule has 0 aromatic carbocycles. The molecule has 0 aliphatic heterocycles. The molecule has 1 heterocycles. The summed E-state index contributed by atoms with van der Waals surface area (Å²) in [6.45, 7) is 11.5. The second-order valence-corrected chi connectivity index (χ2v) is 7.10. The highest BCUT2D eigenvalue weighted by atomic mass is 16.2. The van der Waals surface area contributed by atoms with Crippen LogP contribution in [-0.2, 0) is 11.2 Å². The molecule has 0 saturated heterocycles.